The fraction of sp³-hybridized carbons (Fsp3) is 0.143. The molecule has 0 aliphatic heterocycles. The van der Waals surface area contributed by atoms with Gasteiger partial charge in [-0.2, -0.15) is 0 Å². The maximum Gasteiger partial charge on any atom is 0.262 e. The van der Waals surface area contributed by atoms with E-state index in [2.05, 4.69) is 10.3 Å². The van der Waals surface area contributed by atoms with Crippen LogP contribution in [0.4, 0.5) is 11.4 Å². The third-order valence-electron chi connectivity index (χ3n) is 2.52. The minimum Gasteiger partial charge on any atom is -0.484 e. The number of anilines is 2. The summed E-state index contributed by atoms with van der Waals surface area (Å²) in [7, 11) is 0. The highest BCUT2D eigenvalue weighted by Crippen LogP contribution is 2.15. The molecular weight excluding hydrogens is 242 g/mol. The molecule has 1 amide bonds. The minimum absolute atomic E-state index is 0.0643. The standard InChI is InChI=1S/C14H15N3O2/c1-10-8-16-6-5-13(10)17-14(18)9-19-12-4-2-3-11(15)7-12/h2-8H,9,15H2,1H3,(H,16,17,18). The highest BCUT2D eigenvalue weighted by Gasteiger charge is 2.05. The molecule has 0 aliphatic carbocycles. The van der Waals surface area contributed by atoms with Gasteiger partial charge in [-0.15, -0.1) is 0 Å². The second-order valence-corrected chi connectivity index (χ2v) is 4.10. The van der Waals surface area contributed by atoms with Crippen molar-refractivity contribution in [3.8, 4) is 5.75 Å². The maximum atomic E-state index is 11.7. The van der Waals surface area contributed by atoms with Gasteiger partial charge in [0.1, 0.15) is 5.75 Å². The minimum atomic E-state index is -0.225. The molecule has 0 saturated heterocycles. The topological polar surface area (TPSA) is 77.2 Å². The molecule has 0 aliphatic rings. The summed E-state index contributed by atoms with van der Waals surface area (Å²) < 4.78 is 5.35. The number of carbonyl (C=O) groups is 1. The van der Waals surface area contributed by atoms with Crippen molar-refractivity contribution < 1.29 is 9.53 Å². The molecule has 5 nitrogen and oxygen atoms in total. The molecular formula is C14H15N3O2. The lowest BCUT2D eigenvalue weighted by molar-refractivity contribution is -0.118. The normalized spacial score (nSPS) is 9.95. The van der Waals surface area contributed by atoms with Crippen molar-refractivity contribution in [3.05, 3.63) is 48.3 Å². The Balaban J connectivity index is 1.90. The summed E-state index contributed by atoms with van der Waals surface area (Å²) in [4.78, 5) is 15.7. The monoisotopic (exact) mass is 257 g/mol. The Hall–Kier alpha value is -2.56. The first kappa shape index (κ1) is 12.9. The van der Waals surface area contributed by atoms with Crippen molar-refractivity contribution in [2.45, 2.75) is 6.92 Å². The van der Waals surface area contributed by atoms with Crippen LogP contribution in [0.5, 0.6) is 5.75 Å². The molecule has 19 heavy (non-hydrogen) atoms. The first-order valence-electron chi connectivity index (χ1n) is 5.84. The van der Waals surface area contributed by atoms with Gasteiger partial charge in [0.15, 0.2) is 6.61 Å². The number of hydrogen-bond acceptors (Lipinski definition) is 4. The van der Waals surface area contributed by atoms with E-state index in [-0.39, 0.29) is 12.5 Å². The van der Waals surface area contributed by atoms with Crippen LogP contribution in [-0.2, 0) is 4.79 Å². The molecule has 3 N–H and O–H groups in total. The molecule has 1 aromatic heterocycles. The Morgan fingerprint density at radius 1 is 1.42 bits per heavy atom. The zero-order chi connectivity index (χ0) is 13.7. The molecule has 0 saturated carbocycles. The van der Waals surface area contributed by atoms with Crippen LogP contribution >= 0.6 is 0 Å². The quantitative estimate of drug-likeness (QED) is 0.821. The number of ether oxygens (including phenoxy) is 1. The number of aryl methyl sites for hydroxylation is 1. The van der Waals surface area contributed by atoms with Gasteiger partial charge in [0.05, 0.1) is 0 Å². The number of rotatable bonds is 4. The Morgan fingerprint density at radius 3 is 3.00 bits per heavy atom. The van der Waals surface area contributed by atoms with Gasteiger partial charge in [0.25, 0.3) is 5.91 Å². The van der Waals surface area contributed by atoms with E-state index in [0.29, 0.717) is 11.4 Å². The summed E-state index contributed by atoms with van der Waals surface area (Å²) in [5, 5.41) is 2.76. The van der Waals surface area contributed by atoms with Gasteiger partial charge in [0, 0.05) is 29.8 Å². The largest absolute Gasteiger partial charge is 0.484 e. The molecule has 0 radical (unpaired) electrons. The van der Waals surface area contributed by atoms with Crippen LogP contribution in [0.15, 0.2) is 42.7 Å². The van der Waals surface area contributed by atoms with Crippen molar-refractivity contribution in [2.24, 2.45) is 0 Å². The smallest absolute Gasteiger partial charge is 0.262 e. The Kier molecular flexibility index (Phi) is 3.97. The third-order valence-corrected chi connectivity index (χ3v) is 2.52. The molecule has 0 fully saturated rings. The lowest BCUT2D eigenvalue weighted by Gasteiger charge is -2.09. The average Bonchev–Trinajstić information content (AvgIpc) is 2.39. The van der Waals surface area contributed by atoms with E-state index in [1.165, 1.54) is 0 Å². The van der Waals surface area contributed by atoms with E-state index >= 15 is 0 Å². The third kappa shape index (κ3) is 3.70. The van der Waals surface area contributed by atoms with Crippen molar-refractivity contribution >= 4 is 17.3 Å². The highest BCUT2D eigenvalue weighted by molar-refractivity contribution is 5.92. The molecule has 1 aromatic carbocycles. The Bertz CT molecular complexity index is 584. The predicted molar refractivity (Wildman–Crippen MR) is 74.0 cm³/mol. The number of nitrogen functional groups attached to an aromatic ring is 1. The highest BCUT2D eigenvalue weighted by atomic mass is 16.5. The predicted octanol–water partition coefficient (Wildman–Crippen LogP) is 1.99. The van der Waals surface area contributed by atoms with Crippen LogP contribution in [-0.4, -0.2) is 17.5 Å². The Morgan fingerprint density at radius 2 is 2.26 bits per heavy atom. The van der Waals surface area contributed by atoms with E-state index in [1.54, 1.807) is 42.7 Å². The van der Waals surface area contributed by atoms with Crippen molar-refractivity contribution in [3.63, 3.8) is 0 Å². The van der Waals surface area contributed by atoms with E-state index < -0.39 is 0 Å². The molecule has 2 rings (SSSR count). The average molecular weight is 257 g/mol. The number of nitrogens with one attached hydrogen (secondary N) is 1. The van der Waals surface area contributed by atoms with Crippen LogP contribution in [0, 0.1) is 6.92 Å². The number of nitrogens with two attached hydrogens (primary N) is 1. The fourth-order valence-electron chi connectivity index (χ4n) is 1.55. The number of nitrogens with zero attached hydrogens (tertiary/aromatic N) is 1. The van der Waals surface area contributed by atoms with Gasteiger partial charge >= 0.3 is 0 Å². The molecule has 0 bridgehead atoms. The van der Waals surface area contributed by atoms with Gasteiger partial charge in [0.2, 0.25) is 0 Å². The first-order valence-corrected chi connectivity index (χ1v) is 5.84. The van der Waals surface area contributed by atoms with Gasteiger partial charge in [-0.3, -0.25) is 9.78 Å². The number of carbonyl (C=O) groups excluding carboxylic acids is 1. The summed E-state index contributed by atoms with van der Waals surface area (Å²) in [6.45, 7) is 1.81. The van der Waals surface area contributed by atoms with Crippen LogP contribution < -0.4 is 15.8 Å². The lowest BCUT2D eigenvalue weighted by Crippen LogP contribution is -2.20. The zero-order valence-electron chi connectivity index (χ0n) is 10.6. The van der Waals surface area contributed by atoms with E-state index in [1.807, 2.05) is 6.92 Å². The maximum absolute atomic E-state index is 11.7. The zero-order valence-corrected chi connectivity index (χ0v) is 10.6. The number of hydrogen-bond donors (Lipinski definition) is 2. The molecule has 2 aromatic rings. The van der Waals surface area contributed by atoms with Crippen LogP contribution in [0.3, 0.4) is 0 Å². The number of amides is 1. The van der Waals surface area contributed by atoms with Crippen LogP contribution in [0.25, 0.3) is 0 Å². The SMILES string of the molecule is Cc1cnccc1NC(=O)COc1cccc(N)c1. The molecule has 0 spiro atoms. The summed E-state index contributed by atoms with van der Waals surface area (Å²) in [6, 6.07) is 8.70. The number of pyridine rings is 1. The molecule has 0 unspecified atom stereocenters. The van der Waals surface area contributed by atoms with Gasteiger partial charge < -0.3 is 15.8 Å². The molecule has 0 atom stereocenters. The van der Waals surface area contributed by atoms with E-state index in [9.17, 15) is 4.79 Å². The van der Waals surface area contributed by atoms with Crippen molar-refractivity contribution in [1.29, 1.82) is 0 Å². The first-order chi connectivity index (χ1) is 9.15. The molecule has 5 heteroatoms. The van der Waals surface area contributed by atoms with Crippen molar-refractivity contribution in [1.82, 2.24) is 4.98 Å². The summed E-state index contributed by atoms with van der Waals surface area (Å²) in [5.41, 5.74) is 7.86. The fourth-order valence-corrected chi connectivity index (χ4v) is 1.55. The van der Waals surface area contributed by atoms with Crippen molar-refractivity contribution in [2.75, 3.05) is 17.7 Å². The van der Waals surface area contributed by atoms with Gasteiger partial charge in [-0.05, 0) is 30.7 Å². The Labute approximate surface area is 111 Å². The number of aromatic nitrogens is 1. The second kappa shape index (κ2) is 5.86. The van der Waals surface area contributed by atoms with E-state index in [4.69, 9.17) is 10.5 Å². The summed E-state index contributed by atoms with van der Waals surface area (Å²) in [6.07, 6.45) is 3.32. The molecule has 98 valence electrons. The van der Waals surface area contributed by atoms with Crippen LogP contribution in [0.2, 0.25) is 0 Å². The van der Waals surface area contributed by atoms with Gasteiger partial charge in [-0.25, -0.2) is 0 Å². The lowest BCUT2D eigenvalue weighted by atomic mass is 10.2. The van der Waals surface area contributed by atoms with Gasteiger partial charge in [-0.1, -0.05) is 6.07 Å². The second-order valence-electron chi connectivity index (χ2n) is 4.10. The van der Waals surface area contributed by atoms with Crippen LogP contribution in [0.1, 0.15) is 5.56 Å². The van der Waals surface area contributed by atoms with E-state index in [0.717, 1.165) is 11.3 Å². The summed E-state index contributed by atoms with van der Waals surface area (Å²) >= 11 is 0. The molecule has 1 heterocycles. The number of benzene rings is 1. The summed E-state index contributed by atoms with van der Waals surface area (Å²) in [5.74, 6) is 0.346.